The zero-order chi connectivity index (χ0) is 28.7. The van der Waals surface area contributed by atoms with Crippen LogP contribution in [0.25, 0.3) is 0 Å². The van der Waals surface area contributed by atoms with Gasteiger partial charge in [0.05, 0.1) is 20.6 Å². The molecule has 10 heteroatoms. The van der Waals surface area contributed by atoms with Crippen LogP contribution >= 0.6 is 23.2 Å². The van der Waals surface area contributed by atoms with Crippen LogP contribution in [-0.4, -0.2) is 43.8 Å². The molecule has 39 heavy (non-hydrogen) atoms. The molecule has 0 saturated carbocycles. The van der Waals surface area contributed by atoms with E-state index in [4.69, 9.17) is 23.2 Å². The highest BCUT2D eigenvalue weighted by Gasteiger charge is 2.32. The number of nitrogens with zero attached hydrogens (tertiary/aromatic N) is 2. The minimum atomic E-state index is -4.10. The molecule has 0 fully saturated rings. The average molecular weight is 591 g/mol. The third kappa shape index (κ3) is 7.75. The van der Waals surface area contributed by atoms with Crippen LogP contribution in [0.5, 0.6) is 0 Å². The number of benzene rings is 3. The van der Waals surface area contributed by atoms with E-state index in [1.165, 1.54) is 17.0 Å². The first-order valence-electron chi connectivity index (χ1n) is 12.6. The summed E-state index contributed by atoms with van der Waals surface area (Å²) >= 11 is 12.3. The molecular weight excluding hydrogens is 557 g/mol. The fourth-order valence-corrected chi connectivity index (χ4v) is 5.60. The lowest BCUT2D eigenvalue weighted by Gasteiger charge is -2.32. The summed E-state index contributed by atoms with van der Waals surface area (Å²) in [5, 5.41) is 3.58. The molecule has 3 aromatic carbocycles. The van der Waals surface area contributed by atoms with Gasteiger partial charge in [0.2, 0.25) is 11.8 Å². The van der Waals surface area contributed by atoms with Gasteiger partial charge in [-0.15, -0.1) is 0 Å². The van der Waals surface area contributed by atoms with Gasteiger partial charge in [0.15, 0.2) is 0 Å². The highest BCUT2D eigenvalue weighted by Crippen LogP contribution is 2.26. The van der Waals surface area contributed by atoms with Crippen LogP contribution in [0.2, 0.25) is 10.0 Å². The Morgan fingerprint density at radius 3 is 2.15 bits per heavy atom. The maximum absolute atomic E-state index is 13.9. The molecule has 0 heterocycles. The summed E-state index contributed by atoms with van der Waals surface area (Å²) in [6.07, 6.45) is 0.718. The van der Waals surface area contributed by atoms with Gasteiger partial charge in [-0.25, -0.2) is 8.42 Å². The van der Waals surface area contributed by atoms with E-state index in [2.05, 4.69) is 5.32 Å². The zero-order valence-electron chi connectivity index (χ0n) is 22.4. The molecule has 208 valence electrons. The number of amides is 2. The first-order valence-corrected chi connectivity index (χ1v) is 14.8. The molecule has 0 bridgehead atoms. The summed E-state index contributed by atoms with van der Waals surface area (Å²) < 4.78 is 28.6. The maximum atomic E-state index is 13.9. The van der Waals surface area contributed by atoms with Crippen molar-refractivity contribution in [2.45, 2.75) is 57.6 Å². The normalized spacial score (nSPS) is 12.9. The number of aryl methyl sites for hydroxylation is 1. The van der Waals surface area contributed by atoms with Gasteiger partial charge in [0.1, 0.15) is 12.6 Å². The van der Waals surface area contributed by atoms with Gasteiger partial charge in [0.25, 0.3) is 10.0 Å². The Bertz CT molecular complexity index is 1400. The molecule has 2 amide bonds. The summed E-state index contributed by atoms with van der Waals surface area (Å²) in [5.74, 6) is -0.890. The number of hydrogen-bond donors (Lipinski definition) is 1. The predicted molar refractivity (Wildman–Crippen MR) is 157 cm³/mol. The van der Waals surface area contributed by atoms with Crippen molar-refractivity contribution >= 4 is 50.7 Å². The van der Waals surface area contributed by atoms with Crippen molar-refractivity contribution in [3.05, 3.63) is 94.0 Å². The number of anilines is 1. The Hall–Kier alpha value is -3.07. The summed E-state index contributed by atoms with van der Waals surface area (Å²) in [6, 6.07) is 18.8. The smallest absolute Gasteiger partial charge is 0.264 e. The van der Waals surface area contributed by atoms with Gasteiger partial charge in [-0.3, -0.25) is 13.9 Å². The second kappa shape index (κ2) is 13.3. The van der Waals surface area contributed by atoms with E-state index in [1.807, 2.05) is 20.8 Å². The number of sulfonamides is 1. The summed E-state index contributed by atoms with van der Waals surface area (Å²) in [6.45, 7) is 6.85. The van der Waals surface area contributed by atoms with Crippen LogP contribution in [0, 0.1) is 6.92 Å². The molecule has 2 atom stereocenters. The molecule has 7 nitrogen and oxygen atoms in total. The molecule has 0 aromatic heterocycles. The van der Waals surface area contributed by atoms with Crippen molar-refractivity contribution in [3.8, 4) is 0 Å². The van der Waals surface area contributed by atoms with E-state index in [1.54, 1.807) is 67.6 Å². The molecule has 0 aliphatic rings. The average Bonchev–Trinajstić information content (AvgIpc) is 2.92. The third-order valence-electron chi connectivity index (χ3n) is 6.44. The first-order chi connectivity index (χ1) is 18.4. The van der Waals surface area contributed by atoms with E-state index in [9.17, 15) is 18.0 Å². The van der Waals surface area contributed by atoms with Crippen LogP contribution in [0.1, 0.15) is 38.3 Å². The number of halogens is 2. The van der Waals surface area contributed by atoms with Gasteiger partial charge in [-0.05, 0) is 69.2 Å². The topological polar surface area (TPSA) is 86.8 Å². The highest BCUT2D eigenvalue weighted by molar-refractivity contribution is 7.92. The van der Waals surface area contributed by atoms with Gasteiger partial charge in [-0.1, -0.05) is 72.1 Å². The van der Waals surface area contributed by atoms with Crippen LogP contribution in [-0.2, 0) is 26.2 Å². The number of rotatable bonds is 11. The van der Waals surface area contributed by atoms with Crippen molar-refractivity contribution in [2.24, 2.45) is 0 Å². The Morgan fingerprint density at radius 1 is 0.923 bits per heavy atom. The lowest BCUT2D eigenvalue weighted by molar-refractivity contribution is -0.139. The molecule has 3 rings (SSSR count). The van der Waals surface area contributed by atoms with Crippen molar-refractivity contribution < 1.29 is 18.0 Å². The largest absolute Gasteiger partial charge is 0.352 e. The quantitative estimate of drug-likeness (QED) is 0.305. The van der Waals surface area contributed by atoms with Crippen LogP contribution in [0.4, 0.5) is 5.69 Å². The molecule has 0 spiro atoms. The Morgan fingerprint density at radius 2 is 1.56 bits per heavy atom. The fraction of sp³-hybridized carbons (Fsp3) is 0.310. The molecule has 3 aromatic rings. The van der Waals surface area contributed by atoms with E-state index in [-0.39, 0.29) is 23.4 Å². The summed E-state index contributed by atoms with van der Waals surface area (Å²) in [5.41, 5.74) is 1.93. The second-order valence-corrected chi connectivity index (χ2v) is 12.1. The number of carbonyl (C=O) groups is 2. The predicted octanol–water partition coefficient (Wildman–Crippen LogP) is 5.83. The molecular formula is C29H33Cl2N3O4S. The maximum Gasteiger partial charge on any atom is 0.264 e. The monoisotopic (exact) mass is 589 g/mol. The molecule has 0 aliphatic heterocycles. The van der Waals surface area contributed by atoms with E-state index in [0.717, 1.165) is 16.3 Å². The van der Waals surface area contributed by atoms with Gasteiger partial charge in [0, 0.05) is 12.6 Å². The van der Waals surface area contributed by atoms with E-state index in [0.29, 0.717) is 21.3 Å². The summed E-state index contributed by atoms with van der Waals surface area (Å²) in [7, 11) is -4.10. The lowest BCUT2D eigenvalue weighted by Crippen LogP contribution is -2.52. The van der Waals surface area contributed by atoms with E-state index < -0.39 is 28.5 Å². The third-order valence-corrected chi connectivity index (χ3v) is 8.96. The van der Waals surface area contributed by atoms with Crippen LogP contribution in [0.3, 0.4) is 0 Å². The van der Waals surface area contributed by atoms with Crippen LogP contribution < -0.4 is 9.62 Å². The molecule has 0 aliphatic carbocycles. The molecule has 0 radical (unpaired) electrons. The molecule has 1 N–H and O–H groups in total. The van der Waals surface area contributed by atoms with Crippen molar-refractivity contribution in [1.82, 2.24) is 10.2 Å². The van der Waals surface area contributed by atoms with Gasteiger partial charge < -0.3 is 10.2 Å². The fourth-order valence-electron chi connectivity index (χ4n) is 3.84. The Balaban J connectivity index is 2.02. The van der Waals surface area contributed by atoms with Crippen molar-refractivity contribution in [3.63, 3.8) is 0 Å². The Kier molecular flexibility index (Phi) is 10.4. The molecule has 0 saturated heterocycles. The van der Waals surface area contributed by atoms with E-state index >= 15 is 0 Å². The highest BCUT2D eigenvalue weighted by atomic mass is 35.5. The first kappa shape index (κ1) is 30.5. The van der Waals surface area contributed by atoms with Gasteiger partial charge in [-0.2, -0.15) is 0 Å². The zero-order valence-corrected chi connectivity index (χ0v) is 24.7. The molecule has 0 unspecified atom stereocenters. The standard InChI is InChI=1S/C29H33Cl2N3O4S/c1-5-21(3)32-29(36)22(4)33(18-23-13-16-26(30)27(31)17-23)28(35)19-34(24-14-11-20(2)12-15-24)39(37,38)25-9-7-6-8-10-25/h6-17,21-22H,5,18-19H2,1-4H3,(H,32,36)/t21-,22-/m0/s1. The number of carbonyl (C=O) groups excluding carboxylic acids is 2. The second-order valence-electron chi connectivity index (χ2n) is 9.42. The van der Waals surface area contributed by atoms with Gasteiger partial charge >= 0.3 is 0 Å². The van der Waals surface area contributed by atoms with Crippen molar-refractivity contribution in [1.29, 1.82) is 0 Å². The minimum absolute atomic E-state index is 0.0257. The number of hydrogen-bond acceptors (Lipinski definition) is 4. The number of nitrogens with one attached hydrogen (secondary N) is 1. The van der Waals surface area contributed by atoms with Crippen LogP contribution in [0.15, 0.2) is 77.7 Å². The Labute approximate surface area is 240 Å². The summed E-state index contributed by atoms with van der Waals surface area (Å²) in [4.78, 5) is 28.4. The minimum Gasteiger partial charge on any atom is -0.352 e. The van der Waals surface area contributed by atoms with Crippen molar-refractivity contribution in [2.75, 3.05) is 10.8 Å². The SMILES string of the molecule is CC[C@H](C)NC(=O)[C@H](C)N(Cc1ccc(Cl)c(Cl)c1)C(=O)CN(c1ccc(C)cc1)S(=O)(=O)c1ccccc1. The lowest BCUT2D eigenvalue weighted by atomic mass is 10.1.